The SMILES string of the molecule is C/C=C(C)\C=C(/CC)c1ccc(OC)c2ccccc12. The monoisotopic (exact) mass is 266 g/mol. The van der Waals surface area contributed by atoms with Crippen LogP contribution in [0.1, 0.15) is 32.8 Å². The lowest BCUT2D eigenvalue weighted by Gasteiger charge is -2.12. The average molecular weight is 266 g/mol. The topological polar surface area (TPSA) is 9.23 Å². The van der Waals surface area contributed by atoms with Crippen molar-refractivity contribution in [2.45, 2.75) is 27.2 Å². The highest BCUT2D eigenvalue weighted by Gasteiger charge is 2.08. The Balaban J connectivity index is 2.69. The third-order valence-electron chi connectivity index (χ3n) is 3.69. The Bertz CT molecular complexity index is 663. The zero-order valence-corrected chi connectivity index (χ0v) is 12.7. The molecular weight excluding hydrogens is 244 g/mol. The molecule has 0 amide bonds. The van der Waals surface area contributed by atoms with Crippen LogP contribution < -0.4 is 4.74 Å². The van der Waals surface area contributed by atoms with Gasteiger partial charge in [-0.05, 0) is 42.9 Å². The minimum atomic E-state index is 0.933. The Kier molecular flexibility index (Phi) is 4.62. The molecule has 0 aliphatic carbocycles. The zero-order chi connectivity index (χ0) is 14.5. The van der Waals surface area contributed by atoms with E-state index in [1.807, 2.05) is 0 Å². The fourth-order valence-electron chi connectivity index (χ4n) is 2.46. The first kappa shape index (κ1) is 14.4. The van der Waals surface area contributed by atoms with Gasteiger partial charge in [-0.1, -0.05) is 55.0 Å². The number of hydrogen-bond acceptors (Lipinski definition) is 1. The predicted octanol–water partition coefficient (Wildman–Crippen LogP) is 5.61. The van der Waals surface area contributed by atoms with Gasteiger partial charge in [0.15, 0.2) is 0 Å². The number of methoxy groups -OCH3 is 1. The van der Waals surface area contributed by atoms with Crippen molar-refractivity contribution in [3.8, 4) is 5.75 Å². The van der Waals surface area contributed by atoms with Gasteiger partial charge in [0.25, 0.3) is 0 Å². The van der Waals surface area contributed by atoms with Crippen molar-refractivity contribution in [2.75, 3.05) is 7.11 Å². The third kappa shape index (κ3) is 2.77. The van der Waals surface area contributed by atoms with Crippen LogP contribution in [0.4, 0.5) is 0 Å². The summed E-state index contributed by atoms with van der Waals surface area (Å²) in [6, 6.07) is 12.7. The van der Waals surface area contributed by atoms with Gasteiger partial charge in [-0.2, -0.15) is 0 Å². The third-order valence-corrected chi connectivity index (χ3v) is 3.69. The van der Waals surface area contributed by atoms with Crippen LogP contribution in [-0.4, -0.2) is 7.11 Å². The number of benzene rings is 2. The Labute approximate surface area is 121 Å². The van der Waals surface area contributed by atoms with Crippen molar-refractivity contribution in [3.63, 3.8) is 0 Å². The van der Waals surface area contributed by atoms with Crippen molar-refractivity contribution in [1.29, 1.82) is 0 Å². The molecule has 104 valence electrons. The van der Waals surface area contributed by atoms with Gasteiger partial charge in [-0.15, -0.1) is 0 Å². The van der Waals surface area contributed by atoms with Gasteiger partial charge in [0.1, 0.15) is 5.75 Å². The lowest BCUT2D eigenvalue weighted by atomic mass is 9.94. The Morgan fingerprint density at radius 2 is 1.80 bits per heavy atom. The molecule has 0 saturated heterocycles. The van der Waals surface area contributed by atoms with E-state index >= 15 is 0 Å². The van der Waals surface area contributed by atoms with Gasteiger partial charge in [0.2, 0.25) is 0 Å². The van der Waals surface area contributed by atoms with Crippen molar-refractivity contribution >= 4 is 16.3 Å². The number of ether oxygens (including phenoxy) is 1. The van der Waals surface area contributed by atoms with Gasteiger partial charge in [0, 0.05) is 5.39 Å². The molecule has 0 unspecified atom stereocenters. The van der Waals surface area contributed by atoms with Gasteiger partial charge in [-0.25, -0.2) is 0 Å². The maximum absolute atomic E-state index is 5.47. The number of hydrogen-bond donors (Lipinski definition) is 0. The van der Waals surface area contributed by atoms with Crippen LogP contribution in [0.15, 0.2) is 54.1 Å². The molecule has 0 radical (unpaired) electrons. The maximum atomic E-state index is 5.47. The smallest absolute Gasteiger partial charge is 0.126 e. The molecule has 0 N–H and O–H groups in total. The molecule has 0 saturated carbocycles. The van der Waals surface area contributed by atoms with Crippen LogP contribution >= 0.6 is 0 Å². The standard InChI is InChI=1S/C19H22O/c1-5-14(3)13-15(6-2)16-11-12-19(20-4)18-10-8-7-9-17(16)18/h5,7-13H,6H2,1-4H3/b14-5-,15-13+. The quantitative estimate of drug-likeness (QED) is 0.654. The number of allylic oxidation sites excluding steroid dienone is 4. The molecule has 0 bridgehead atoms. The largest absolute Gasteiger partial charge is 0.496 e. The maximum Gasteiger partial charge on any atom is 0.126 e. The Morgan fingerprint density at radius 3 is 2.40 bits per heavy atom. The van der Waals surface area contributed by atoms with E-state index < -0.39 is 0 Å². The van der Waals surface area contributed by atoms with E-state index in [1.54, 1.807) is 7.11 Å². The molecule has 2 rings (SSSR count). The van der Waals surface area contributed by atoms with E-state index in [0.29, 0.717) is 0 Å². The molecule has 1 nitrogen and oxygen atoms in total. The van der Waals surface area contributed by atoms with E-state index in [2.05, 4.69) is 69.3 Å². The molecule has 20 heavy (non-hydrogen) atoms. The normalized spacial score (nSPS) is 12.8. The van der Waals surface area contributed by atoms with E-state index in [0.717, 1.165) is 12.2 Å². The zero-order valence-electron chi connectivity index (χ0n) is 12.7. The minimum Gasteiger partial charge on any atom is -0.496 e. The molecule has 0 spiro atoms. The van der Waals surface area contributed by atoms with Crippen molar-refractivity contribution in [2.24, 2.45) is 0 Å². The van der Waals surface area contributed by atoms with Crippen LogP contribution in [0.25, 0.3) is 16.3 Å². The fourth-order valence-corrected chi connectivity index (χ4v) is 2.46. The fraction of sp³-hybridized carbons (Fsp3) is 0.263. The highest BCUT2D eigenvalue weighted by Crippen LogP contribution is 2.33. The lowest BCUT2D eigenvalue weighted by Crippen LogP contribution is -1.90. The molecule has 0 aliphatic rings. The summed E-state index contributed by atoms with van der Waals surface area (Å²) in [4.78, 5) is 0. The lowest BCUT2D eigenvalue weighted by molar-refractivity contribution is 0.420. The summed E-state index contributed by atoms with van der Waals surface area (Å²) in [6.07, 6.45) is 5.43. The highest BCUT2D eigenvalue weighted by atomic mass is 16.5. The second-order valence-corrected chi connectivity index (χ2v) is 4.92. The second kappa shape index (κ2) is 6.42. The summed E-state index contributed by atoms with van der Waals surface area (Å²) in [6.45, 7) is 6.42. The molecule has 0 aliphatic heterocycles. The molecule has 2 aromatic carbocycles. The minimum absolute atomic E-state index is 0.933. The summed E-state index contributed by atoms with van der Waals surface area (Å²) >= 11 is 0. The molecular formula is C19H22O. The first-order chi connectivity index (χ1) is 9.71. The molecule has 0 fully saturated rings. The van der Waals surface area contributed by atoms with Crippen molar-refractivity contribution in [3.05, 3.63) is 59.7 Å². The van der Waals surface area contributed by atoms with Gasteiger partial charge < -0.3 is 4.74 Å². The van der Waals surface area contributed by atoms with Crippen molar-refractivity contribution in [1.82, 2.24) is 0 Å². The predicted molar refractivity (Wildman–Crippen MR) is 88.2 cm³/mol. The second-order valence-electron chi connectivity index (χ2n) is 4.92. The van der Waals surface area contributed by atoms with E-state index in [4.69, 9.17) is 4.74 Å². The van der Waals surface area contributed by atoms with Crippen molar-refractivity contribution < 1.29 is 4.74 Å². The molecule has 0 aromatic heterocycles. The number of fused-ring (bicyclic) bond motifs is 1. The van der Waals surface area contributed by atoms with Crippen LogP contribution in [0.2, 0.25) is 0 Å². The van der Waals surface area contributed by atoms with E-state index in [-0.39, 0.29) is 0 Å². The molecule has 0 heterocycles. The summed E-state index contributed by atoms with van der Waals surface area (Å²) in [5, 5.41) is 2.42. The van der Waals surface area contributed by atoms with Gasteiger partial charge >= 0.3 is 0 Å². The summed E-state index contributed by atoms with van der Waals surface area (Å²) in [7, 11) is 1.72. The molecule has 2 aromatic rings. The van der Waals surface area contributed by atoms with Gasteiger partial charge in [-0.3, -0.25) is 0 Å². The average Bonchev–Trinajstić information content (AvgIpc) is 2.51. The highest BCUT2D eigenvalue weighted by molar-refractivity contribution is 5.97. The van der Waals surface area contributed by atoms with E-state index in [1.165, 1.54) is 27.5 Å². The molecule has 0 atom stereocenters. The summed E-state index contributed by atoms with van der Waals surface area (Å²) < 4.78 is 5.47. The van der Waals surface area contributed by atoms with Crippen LogP contribution in [-0.2, 0) is 0 Å². The van der Waals surface area contributed by atoms with Crippen LogP contribution in [0.5, 0.6) is 5.75 Å². The first-order valence-corrected chi connectivity index (χ1v) is 7.10. The number of rotatable bonds is 4. The van der Waals surface area contributed by atoms with Gasteiger partial charge in [0.05, 0.1) is 7.11 Å². The summed E-state index contributed by atoms with van der Waals surface area (Å²) in [5.74, 6) is 0.933. The van der Waals surface area contributed by atoms with Crippen LogP contribution in [0.3, 0.4) is 0 Å². The summed E-state index contributed by atoms with van der Waals surface area (Å²) in [5.41, 5.74) is 3.95. The Morgan fingerprint density at radius 1 is 1.10 bits per heavy atom. The molecule has 1 heteroatoms. The first-order valence-electron chi connectivity index (χ1n) is 7.10. The Hall–Kier alpha value is -2.02. The van der Waals surface area contributed by atoms with E-state index in [9.17, 15) is 0 Å². The van der Waals surface area contributed by atoms with Crippen LogP contribution in [0, 0.1) is 0 Å².